The molecular formula is C8H6BrCl2NO. The van der Waals surface area contributed by atoms with Crippen LogP contribution in [0.25, 0.3) is 0 Å². The van der Waals surface area contributed by atoms with E-state index in [0.717, 1.165) is 0 Å². The summed E-state index contributed by atoms with van der Waals surface area (Å²) in [6, 6.07) is 4.92. The molecule has 70 valence electrons. The summed E-state index contributed by atoms with van der Waals surface area (Å²) in [6.07, 6.45) is 0. The molecule has 0 aromatic heterocycles. The van der Waals surface area contributed by atoms with Gasteiger partial charge in [-0.25, -0.2) is 0 Å². The molecule has 0 radical (unpaired) electrons. The van der Waals surface area contributed by atoms with Crippen molar-refractivity contribution in [3.8, 4) is 0 Å². The minimum atomic E-state index is -0.126. The van der Waals surface area contributed by atoms with Gasteiger partial charge in [-0.3, -0.25) is 4.79 Å². The highest BCUT2D eigenvalue weighted by Crippen LogP contribution is 2.24. The lowest BCUT2D eigenvalue weighted by molar-refractivity contribution is -0.113. The number of anilines is 1. The van der Waals surface area contributed by atoms with E-state index in [1.54, 1.807) is 18.2 Å². The molecule has 0 saturated carbocycles. The summed E-state index contributed by atoms with van der Waals surface area (Å²) in [5.74, 6) is -0.126. The molecule has 0 aliphatic carbocycles. The van der Waals surface area contributed by atoms with Gasteiger partial charge in [-0.1, -0.05) is 39.1 Å². The SMILES string of the molecule is O=C(CBr)Nc1ccc(Cl)c(Cl)c1. The number of nitrogens with one attached hydrogen (secondary N) is 1. The maximum Gasteiger partial charge on any atom is 0.235 e. The Balaban J connectivity index is 2.79. The zero-order valence-corrected chi connectivity index (χ0v) is 9.58. The van der Waals surface area contributed by atoms with Gasteiger partial charge in [0, 0.05) is 5.69 Å². The van der Waals surface area contributed by atoms with E-state index in [1.165, 1.54) is 0 Å². The van der Waals surface area contributed by atoms with Gasteiger partial charge in [0.05, 0.1) is 15.4 Å². The van der Waals surface area contributed by atoms with E-state index in [-0.39, 0.29) is 11.2 Å². The number of amides is 1. The Morgan fingerprint density at radius 1 is 1.38 bits per heavy atom. The van der Waals surface area contributed by atoms with Crippen LogP contribution in [0.15, 0.2) is 18.2 Å². The van der Waals surface area contributed by atoms with Crippen LogP contribution in [0.5, 0.6) is 0 Å². The lowest BCUT2D eigenvalue weighted by atomic mass is 10.3. The summed E-state index contributed by atoms with van der Waals surface area (Å²) in [4.78, 5) is 10.9. The smallest absolute Gasteiger partial charge is 0.235 e. The van der Waals surface area contributed by atoms with Crippen molar-refractivity contribution in [1.29, 1.82) is 0 Å². The first kappa shape index (κ1) is 10.8. The van der Waals surface area contributed by atoms with Crippen LogP contribution in [0.3, 0.4) is 0 Å². The summed E-state index contributed by atoms with van der Waals surface area (Å²) in [6.45, 7) is 0. The van der Waals surface area contributed by atoms with Crippen LogP contribution >= 0.6 is 39.1 Å². The average Bonchev–Trinajstić information content (AvgIpc) is 2.11. The summed E-state index contributed by atoms with van der Waals surface area (Å²) < 4.78 is 0. The van der Waals surface area contributed by atoms with Crippen LogP contribution in [-0.2, 0) is 4.79 Å². The van der Waals surface area contributed by atoms with Gasteiger partial charge < -0.3 is 5.32 Å². The van der Waals surface area contributed by atoms with Gasteiger partial charge in [0.1, 0.15) is 0 Å². The molecular weight excluding hydrogens is 277 g/mol. The Morgan fingerprint density at radius 3 is 2.62 bits per heavy atom. The minimum absolute atomic E-state index is 0.126. The number of halogens is 3. The molecule has 0 saturated heterocycles. The largest absolute Gasteiger partial charge is 0.325 e. The topological polar surface area (TPSA) is 29.1 Å². The maximum absolute atomic E-state index is 10.9. The second-order valence-electron chi connectivity index (χ2n) is 2.31. The van der Waals surface area contributed by atoms with Crippen LogP contribution < -0.4 is 5.32 Å². The van der Waals surface area contributed by atoms with E-state index in [2.05, 4.69) is 21.2 Å². The van der Waals surface area contributed by atoms with E-state index in [9.17, 15) is 4.79 Å². The molecule has 0 aliphatic rings. The number of hydrogen-bond donors (Lipinski definition) is 1. The summed E-state index contributed by atoms with van der Waals surface area (Å²) >= 11 is 14.5. The Bertz CT molecular complexity index is 330. The van der Waals surface area contributed by atoms with Crippen LogP contribution in [0.2, 0.25) is 10.0 Å². The zero-order valence-electron chi connectivity index (χ0n) is 6.48. The zero-order chi connectivity index (χ0) is 9.84. The highest BCUT2D eigenvalue weighted by Gasteiger charge is 2.02. The standard InChI is InChI=1S/C8H6BrCl2NO/c9-4-8(13)12-5-1-2-6(10)7(11)3-5/h1-3H,4H2,(H,12,13). The fourth-order valence-corrected chi connectivity index (χ4v) is 1.21. The van der Waals surface area contributed by atoms with Gasteiger partial charge in [0.2, 0.25) is 5.91 Å². The number of carbonyl (C=O) groups excluding carboxylic acids is 1. The van der Waals surface area contributed by atoms with Crippen LogP contribution in [0, 0.1) is 0 Å². The Hall–Kier alpha value is -0.250. The molecule has 1 aromatic carbocycles. The number of carbonyl (C=O) groups is 1. The van der Waals surface area contributed by atoms with Gasteiger partial charge in [-0.15, -0.1) is 0 Å². The molecule has 2 nitrogen and oxygen atoms in total. The van der Waals surface area contributed by atoms with Gasteiger partial charge in [0.15, 0.2) is 0 Å². The fraction of sp³-hybridized carbons (Fsp3) is 0.125. The summed E-state index contributed by atoms with van der Waals surface area (Å²) in [5.41, 5.74) is 0.638. The molecule has 1 amide bonds. The predicted molar refractivity (Wildman–Crippen MR) is 58.9 cm³/mol. The highest BCUT2D eigenvalue weighted by atomic mass is 79.9. The molecule has 1 rings (SSSR count). The molecule has 0 aliphatic heterocycles. The number of benzene rings is 1. The third kappa shape index (κ3) is 3.18. The summed E-state index contributed by atoms with van der Waals surface area (Å²) in [7, 11) is 0. The van der Waals surface area contributed by atoms with Crippen molar-refractivity contribution >= 4 is 50.7 Å². The lowest BCUT2D eigenvalue weighted by Crippen LogP contribution is -2.11. The van der Waals surface area contributed by atoms with Crippen molar-refractivity contribution in [3.63, 3.8) is 0 Å². The molecule has 0 fully saturated rings. The maximum atomic E-state index is 10.9. The van der Waals surface area contributed by atoms with E-state index in [4.69, 9.17) is 23.2 Å². The molecule has 1 aromatic rings. The van der Waals surface area contributed by atoms with Gasteiger partial charge in [0.25, 0.3) is 0 Å². The Kier molecular flexibility index (Phi) is 4.03. The number of rotatable bonds is 2. The second-order valence-corrected chi connectivity index (χ2v) is 3.69. The van der Waals surface area contributed by atoms with Gasteiger partial charge in [-0.2, -0.15) is 0 Å². The molecule has 13 heavy (non-hydrogen) atoms. The summed E-state index contributed by atoms with van der Waals surface area (Å²) in [5, 5.41) is 3.78. The number of hydrogen-bond acceptors (Lipinski definition) is 1. The van der Waals surface area contributed by atoms with E-state index < -0.39 is 0 Å². The fourth-order valence-electron chi connectivity index (χ4n) is 0.768. The van der Waals surface area contributed by atoms with Gasteiger partial charge >= 0.3 is 0 Å². The first-order chi connectivity index (χ1) is 6.13. The Labute approximate surface area is 94.3 Å². The lowest BCUT2D eigenvalue weighted by Gasteiger charge is -2.03. The van der Waals surface area contributed by atoms with Crippen LogP contribution in [0.4, 0.5) is 5.69 Å². The molecule has 0 bridgehead atoms. The van der Waals surface area contributed by atoms with Gasteiger partial charge in [-0.05, 0) is 18.2 Å². The van der Waals surface area contributed by atoms with Crippen LogP contribution in [-0.4, -0.2) is 11.2 Å². The normalized spacial score (nSPS) is 9.77. The molecule has 5 heteroatoms. The molecule has 0 heterocycles. The highest BCUT2D eigenvalue weighted by molar-refractivity contribution is 9.09. The van der Waals surface area contributed by atoms with Crippen molar-refractivity contribution in [2.75, 3.05) is 10.6 Å². The first-order valence-electron chi connectivity index (χ1n) is 3.44. The molecule has 1 N–H and O–H groups in total. The van der Waals surface area contributed by atoms with Crippen LogP contribution in [0.1, 0.15) is 0 Å². The van der Waals surface area contributed by atoms with E-state index in [1.807, 2.05) is 0 Å². The van der Waals surface area contributed by atoms with Crippen molar-refractivity contribution in [2.45, 2.75) is 0 Å². The molecule has 0 unspecified atom stereocenters. The quantitative estimate of drug-likeness (QED) is 0.829. The molecule has 0 spiro atoms. The Morgan fingerprint density at radius 2 is 2.08 bits per heavy atom. The first-order valence-corrected chi connectivity index (χ1v) is 5.32. The number of alkyl halides is 1. The second kappa shape index (κ2) is 4.84. The predicted octanol–water partition coefficient (Wildman–Crippen LogP) is 3.33. The molecule has 0 atom stereocenters. The monoisotopic (exact) mass is 281 g/mol. The van der Waals surface area contributed by atoms with Crippen molar-refractivity contribution < 1.29 is 4.79 Å². The van der Waals surface area contributed by atoms with E-state index >= 15 is 0 Å². The third-order valence-corrected chi connectivity index (χ3v) is 2.57. The minimum Gasteiger partial charge on any atom is -0.325 e. The van der Waals surface area contributed by atoms with Crippen molar-refractivity contribution in [3.05, 3.63) is 28.2 Å². The van der Waals surface area contributed by atoms with Crippen molar-refractivity contribution in [2.24, 2.45) is 0 Å². The average molecular weight is 283 g/mol. The van der Waals surface area contributed by atoms with E-state index in [0.29, 0.717) is 15.7 Å². The third-order valence-electron chi connectivity index (χ3n) is 1.32. The van der Waals surface area contributed by atoms with Crippen molar-refractivity contribution in [1.82, 2.24) is 0 Å².